The number of hydrogen-bond donors (Lipinski definition) is 2. The first-order valence-electron chi connectivity index (χ1n) is 4.95. The van der Waals surface area contributed by atoms with Crippen LogP contribution in [0.5, 0.6) is 0 Å². The Bertz CT molecular complexity index is 439. The van der Waals surface area contributed by atoms with Gasteiger partial charge in [0.2, 0.25) is 5.28 Å². The Morgan fingerprint density at radius 3 is 3.00 bits per heavy atom. The zero-order chi connectivity index (χ0) is 12.4. The molecule has 0 spiro atoms. The highest BCUT2D eigenvalue weighted by Crippen LogP contribution is 2.27. The van der Waals surface area contributed by atoms with Crippen LogP contribution >= 0.6 is 11.6 Å². The van der Waals surface area contributed by atoms with E-state index in [1.807, 2.05) is 0 Å². The van der Waals surface area contributed by atoms with E-state index in [2.05, 4.69) is 15.3 Å². The number of nitrogens with zero attached hydrogens (tertiary/aromatic N) is 2. The van der Waals surface area contributed by atoms with Crippen LogP contribution in [0.25, 0.3) is 0 Å². The lowest BCUT2D eigenvalue weighted by Gasteiger charge is -2.34. The van der Waals surface area contributed by atoms with Crippen molar-refractivity contribution >= 4 is 23.5 Å². The standard InChI is InChI=1S/C9H10ClFN4O2/c10-8-13-3-6(11)7(15-8)14-4-1-5(2-4)17-9(12)16/h3-5H,1-2H2,(H2,12,16)(H,13,14,15). The zero-order valence-electron chi connectivity index (χ0n) is 8.69. The van der Waals surface area contributed by atoms with Gasteiger partial charge in [0.25, 0.3) is 0 Å². The average Bonchev–Trinajstić information content (AvgIpc) is 2.19. The molecule has 0 bridgehead atoms. The number of hydrogen-bond acceptors (Lipinski definition) is 5. The number of ether oxygens (including phenoxy) is 1. The van der Waals surface area contributed by atoms with E-state index in [9.17, 15) is 9.18 Å². The number of nitrogens with one attached hydrogen (secondary N) is 1. The Morgan fingerprint density at radius 1 is 1.65 bits per heavy atom. The molecule has 0 atom stereocenters. The minimum atomic E-state index is -0.801. The monoisotopic (exact) mass is 260 g/mol. The van der Waals surface area contributed by atoms with Crippen molar-refractivity contribution in [3.8, 4) is 0 Å². The van der Waals surface area contributed by atoms with Gasteiger partial charge in [-0.25, -0.2) is 14.2 Å². The van der Waals surface area contributed by atoms with Gasteiger partial charge < -0.3 is 15.8 Å². The molecule has 0 radical (unpaired) electrons. The topological polar surface area (TPSA) is 90.1 Å². The average molecular weight is 261 g/mol. The van der Waals surface area contributed by atoms with Crippen molar-refractivity contribution in [3.05, 3.63) is 17.3 Å². The fourth-order valence-electron chi connectivity index (χ4n) is 1.58. The zero-order valence-corrected chi connectivity index (χ0v) is 9.45. The van der Waals surface area contributed by atoms with E-state index in [1.54, 1.807) is 0 Å². The Balaban J connectivity index is 1.87. The number of amides is 1. The largest absolute Gasteiger partial charge is 0.446 e. The Kier molecular flexibility index (Phi) is 3.28. The van der Waals surface area contributed by atoms with E-state index in [0.717, 1.165) is 6.20 Å². The maximum atomic E-state index is 13.2. The number of anilines is 1. The van der Waals surface area contributed by atoms with Crippen LogP contribution in [0, 0.1) is 5.82 Å². The SMILES string of the molecule is NC(=O)OC1CC(Nc2nc(Cl)ncc2F)C1. The van der Waals surface area contributed by atoms with Crippen molar-refractivity contribution < 1.29 is 13.9 Å². The first kappa shape index (κ1) is 11.8. The lowest BCUT2D eigenvalue weighted by molar-refractivity contribution is 0.0516. The summed E-state index contributed by atoms with van der Waals surface area (Å²) >= 11 is 5.54. The first-order valence-corrected chi connectivity index (χ1v) is 5.33. The van der Waals surface area contributed by atoms with Gasteiger partial charge >= 0.3 is 6.09 Å². The second-order valence-electron chi connectivity index (χ2n) is 3.71. The summed E-state index contributed by atoms with van der Waals surface area (Å²) in [5, 5.41) is 2.82. The van der Waals surface area contributed by atoms with Gasteiger partial charge in [0.05, 0.1) is 6.20 Å². The summed E-state index contributed by atoms with van der Waals surface area (Å²) in [6.45, 7) is 0. The number of carbonyl (C=O) groups excluding carboxylic acids is 1. The fourth-order valence-corrected chi connectivity index (χ4v) is 1.72. The number of rotatable bonds is 3. The second kappa shape index (κ2) is 4.70. The van der Waals surface area contributed by atoms with E-state index in [-0.39, 0.29) is 23.2 Å². The normalized spacial score (nSPS) is 22.7. The molecule has 3 N–H and O–H groups in total. The van der Waals surface area contributed by atoms with Crippen LogP contribution in [0.1, 0.15) is 12.8 Å². The lowest BCUT2D eigenvalue weighted by Crippen LogP contribution is -2.43. The molecule has 6 nitrogen and oxygen atoms in total. The highest BCUT2D eigenvalue weighted by Gasteiger charge is 2.32. The molecule has 17 heavy (non-hydrogen) atoms. The van der Waals surface area contributed by atoms with Gasteiger partial charge in [-0.2, -0.15) is 4.98 Å². The first-order chi connectivity index (χ1) is 8.04. The molecule has 1 saturated carbocycles. The Morgan fingerprint density at radius 2 is 2.35 bits per heavy atom. The summed E-state index contributed by atoms with van der Waals surface area (Å²) < 4.78 is 18.0. The third kappa shape index (κ3) is 2.94. The predicted octanol–water partition coefficient (Wildman–Crippen LogP) is 1.31. The fraction of sp³-hybridized carbons (Fsp3) is 0.444. The highest BCUT2D eigenvalue weighted by atomic mass is 35.5. The number of primary amides is 1. The van der Waals surface area contributed by atoms with Crippen LogP contribution in [0.3, 0.4) is 0 Å². The molecule has 1 fully saturated rings. The molecule has 1 aromatic rings. The van der Waals surface area contributed by atoms with E-state index in [4.69, 9.17) is 22.1 Å². The summed E-state index contributed by atoms with van der Waals surface area (Å²) in [4.78, 5) is 17.7. The molecule has 1 amide bonds. The molecule has 1 aliphatic rings. The molecule has 1 aliphatic carbocycles. The molecule has 92 valence electrons. The molecule has 2 rings (SSSR count). The summed E-state index contributed by atoms with van der Waals surface area (Å²) in [7, 11) is 0. The minimum Gasteiger partial charge on any atom is -0.446 e. The minimum absolute atomic E-state index is 0.0141. The van der Waals surface area contributed by atoms with Crippen molar-refractivity contribution in [3.63, 3.8) is 0 Å². The highest BCUT2D eigenvalue weighted by molar-refractivity contribution is 6.28. The number of nitrogens with two attached hydrogens (primary N) is 1. The number of aromatic nitrogens is 2. The summed E-state index contributed by atoms with van der Waals surface area (Å²) in [5.74, 6) is -0.527. The van der Waals surface area contributed by atoms with Crippen LogP contribution in [0.15, 0.2) is 6.20 Å². The van der Waals surface area contributed by atoms with Crippen LogP contribution in [0.4, 0.5) is 15.0 Å². The molecule has 0 unspecified atom stereocenters. The van der Waals surface area contributed by atoms with Crippen LogP contribution in [-0.4, -0.2) is 28.2 Å². The van der Waals surface area contributed by atoms with E-state index in [0.29, 0.717) is 12.8 Å². The molecule has 1 heterocycles. The van der Waals surface area contributed by atoms with Crippen LogP contribution < -0.4 is 11.1 Å². The van der Waals surface area contributed by atoms with Crippen molar-refractivity contribution in [2.45, 2.75) is 25.0 Å². The Hall–Kier alpha value is -1.63. The number of carbonyl (C=O) groups is 1. The van der Waals surface area contributed by atoms with Gasteiger partial charge in [0.1, 0.15) is 6.10 Å². The van der Waals surface area contributed by atoms with Crippen LogP contribution in [0.2, 0.25) is 5.28 Å². The van der Waals surface area contributed by atoms with Gasteiger partial charge in [0.15, 0.2) is 11.6 Å². The van der Waals surface area contributed by atoms with E-state index >= 15 is 0 Å². The van der Waals surface area contributed by atoms with E-state index in [1.165, 1.54) is 0 Å². The second-order valence-corrected chi connectivity index (χ2v) is 4.05. The smallest absolute Gasteiger partial charge is 0.404 e. The van der Waals surface area contributed by atoms with Crippen molar-refractivity contribution in [1.82, 2.24) is 9.97 Å². The third-order valence-corrected chi connectivity index (χ3v) is 2.62. The molecular weight excluding hydrogens is 251 g/mol. The van der Waals surface area contributed by atoms with Gasteiger partial charge in [-0.05, 0) is 11.6 Å². The maximum absolute atomic E-state index is 13.2. The molecule has 8 heteroatoms. The van der Waals surface area contributed by atoms with Gasteiger partial charge in [0, 0.05) is 18.9 Å². The lowest BCUT2D eigenvalue weighted by atomic mass is 9.89. The Labute approximate surface area is 101 Å². The van der Waals surface area contributed by atoms with Gasteiger partial charge in [-0.1, -0.05) is 0 Å². The van der Waals surface area contributed by atoms with E-state index < -0.39 is 11.9 Å². The van der Waals surface area contributed by atoms with Crippen molar-refractivity contribution in [1.29, 1.82) is 0 Å². The molecule has 0 aliphatic heterocycles. The number of halogens is 2. The summed E-state index contributed by atoms with van der Waals surface area (Å²) in [5.41, 5.74) is 4.87. The van der Waals surface area contributed by atoms with Crippen molar-refractivity contribution in [2.75, 3.05) is 5.32 Å². The van der Waals surface area contributed by atoms with Crippen LogP contribution in [-0.2, 0) is 4.74 Å². The molecule has 0 saturated heterocycles. The molecule has 1 aromatic heterocycles. The summed E-state index contributed by atoms with van der Waals surface area (Å²) in [6.07, 6.45) is 1.09. The van der Waals surface area contributed by atoms with Crippen molar-refractivity contribution in [2.24, 2.45) is 5.73 Å². The third-order valence-electron chi connectivity index (χ3n) is 2.43. The maximum Gasteiger partial charge on any atom is 0.404 e. The predicted molar refractivity (Wildman–Crippen MR) is 58.1 cm³/mol. The molecular formula is C9H10ClFN4O2. The van der Waals surface area contributed by atoms with Gasteiger partial charge in [-0.3, -0.25) is 0 Å². The molecule has 0 aromatic carbocycles. The van der Waals surface area contributed by atoms with Gasteiger partial charge in [-0.15, -0.1) is 0 Å². The summed E-state index contributed by atoms with van der Waals surface area (Å²) in [6, 6.07) is -0.0141. The quantitative estimate of drug-likeness (QED) is 0.800.